The lowest BCUT2D eigenvalue weighted by Gasteiger charge is -2.09. The summed E-state index contributed by atoms with van der Waals surface area (Å²) in [5.74, 6) is 0.402. The van der Waals surface area contributed by atoms with Crippen molar-refractivity contribution in [3.63, 3.8) is 0 Å². The van der Waals surface area contributed by atoms with Gasteiger partial charge in [-0.1, -0.05) is 0 Å². The predicted molar refractivity (Wildman–Crippen MR) is 70.5 cm³/mol. The SMILES string of the molecule is COc1ccc(S(=O)(=O)C(C)O)cc1N.O=S(=O)(O)O. The Hall–Kier alpha value is -1.40. The van der Waals surface area contributed by atoms with Crippen LogP contribution in [-0.2, 0) is 20.2 Å². The molecule has 1 aromatic carbocycles. The van der Waals surface area contributed by atoms with Gasteiger partial charge in [-0.3, -0.25) is 9.11 Å². The fourth-order valence-corrected chi connectivity index (χ4v) is 2.03. The first kappa shape index (κ1) is 18.6. The Bertz CT molecular complexity index is 643. The molecule has 0 saturated carbocycles. The maximum atomic E-state index is 11.5. The molecule has 0 bridgehead atoms. The van der Waals surface area contributed by atoms with Crippen molar-refractivity contribution in [1.82, 2.24) is 0 Å². The molecule has 0 aliphatic carbocycles. The second kappa shape index (κ2) is 6.85. The van der Waals surface area contributed by atoms with E-state index in [1.807, 2.05) is 0 Å². The quantitative estimate of drug-likeness (QED) is 0.431. The third-order valence-electron chi connectivity index (χ3n) is 1.98. The molecule has 0 aliphatic heterocycles. The van der Waals surface area contributed by atoms with Crippen molar-refractivity contribution in [2.45, 2.75) is 17.3 Å². The Balaban J connectivity index is 0.000000621. The Labute approximate surface area is 116 Å². The molecule has 0 spiro atoms. The zero-order chi connectivity index (χ0) is 16.1. The van der Waals surface area contributed by atoms with Gasteiger partial charge in [0.05, 0.1) is 17.7 Å². The number of sulfone groups is 1. The zero-order valence-electron chi connectivity index (χ0n) is 10.6. The lowest BCUT2D eigenvalue weighted by Crippen LogP contribution is -2.17. The van der Waals surface area contributed by atoms with Crippen LogP contribution in [0.4, 0.5) is 5.69 Å². The minimum absolute atomic E-state index is 0.0178. The third-order valence-corrected chi connectivity index (χ3v) is 3.79. The Morgan fingerprint density at radius 3 is 1.95 bits per heavy atom. The molecule has 0 aliphatic rings. The largest absolute Gasteiger partial charge is 0.495 e. The molecule has 1 rings (SSSR count). The molecule has 1 unspecified atom stereocenters. The molecule has 0 fully saturated rings. The van der Waals surface area contributed by atoms with Crippen molar-refractivity contribution < 1.29 is 35.8 Å². The summed E-state index contributed by atoms with van der Waals surface area (Å²) in [6.45, 7) is 1.19. The summed E-state index contributed by atoms with van der Waals surface area (Å²) in [5.41, 5.74) is 4.33. The van der Waals surface area contributed by atoms with Crippen LogP contribution in [0.1, 0.15) is 6.92 Å². The van der Waals surface area contributed by atoms with E-state index in [4.69, 9.17) is 33.1 Å². The van der Waals surface area contributed by atoms with Gasteiger partial charge in [0, 0.05) is 0 Å². The van der Waals surface area contributed by atoms with E-state index in [2.05, 4.69) is 0 Å². The topological polar surface area (TPSA) is 164 Å². The van der Waals surface area contributed by atoms with Crippen molar-refractivity contribution in [2.75, 3.05) is 12.8 Å². The highest BCUT2D eigenvalue weighted by Crippen LogP contribution is 2.25. The van der Waals surface area contributed by atoms with Crippen LogP contribution in [-0.4, -0.2) is 43.6 Å². The van der Waals surface area contributed by atoms with E-state index >= 15 is 0 Å². The standard InChI is InChI=1S/C9H13NO4S.H2O4S/c1-6(11)15(12,13)7-3-4-9(14-2)8(10)5-7;1-5(2,3)4/h3-6,11H,10H2,1-2H3;(H2,1,2,3,4). The number of aliphatic hydroxyl groups is 1. The molecule has 0 heterocycles. The smallest absolute Gasteiger partial charge is 0.394 e. The van der Waals surface area contributed by atoms with Crippen molar-refractivity contribution in [3.05, 3.63) is 18.2 Å². The van der Waals surface area contributed by atoms with Gasteiger partial charge in [0.15, 0.2) is 5.44 Å². The minimum Gasteiger partial charge on any atom is -0.495 e. The molecule has 1 atom stereocenters. The first-order chi connectivity index (χ1) is 8.89. The van der Waals surface area contributed by atoms with Gasteiger partial charge < -0.3 is 15.6 Å². The van der Waals surface area contributed by atoms with Crippen molar-refractivity contribution in [2.24, 2.45) is 0 Å². The molecular formula is C9H15NO8S2. The fourth-order valence-electron chi connectivity index (χ4n) is 1.09. The van der Waals surface area contributed by atoms with Crippen LogP contribution in [0, 0.1) is 0 Å². The van der Waals surface area contributed by atoms with Crippen LogP contribution in [0.5, 0.6) is 5.75 Å². The molecule has 0 amide bonds. The van der Waals surface area contributed by atoms with E-state index < -0.39 is 25.7 Å². The lowest BCUT2D eigenvalue weighted by molar-refractivity contribution is 0.268. The highest BCUT2D eigenvalue weighted by atomic mass is 32.3. The van der Waals surface area contributed by atoms with E-state index in [1.54, 1.807) is 0 Å². The number of hydrogen-bond acceptors (Lipinski definition) is 7. The van der Waals surface area contributed by atoms with E-state index in [0.717, 1.165) is 0 Å². The first-order valence-electron chi connectivity index (χ1n) is 4.95. The summed E-state index contributed by atoms with van der Waals surface area (Å²) in [4.78, 5) is -0.0178. The van der Waals surface area contributed by atoms with Gasteiger partial charge in [-0.2, -0.15) is 8.42 Å². The zero-order valence-corrected chi connectivity index (χ0v) is 12.2. The van der Waals surface area contributed by atoms with E-state index in [0.29, 0.717) is 5.75 Å². The average Bonchev–Trinajstić information content (AvgIpc) is 2.26. The summed E-state index contributed by atoms with van der Waals surface area (Å²) >= 11 is 0. The Morgan fingerprint density at radius 2 is 1.65 bits per heavy atom. The van der Waals surface area contributed by atoms with Crippen LogP contribution in [0.25, 0.3) is 0 Å². The lowest BCUT2D eigenvalue weighted by atomic mass is 10.3. The van der Waals surface area contributed by atoms with Gasteiger partial charge in [-0.05, 0) is 25.1 Å². The second-order valence-electron chi connectivity index (χ2n) is 3.50. The number of methoxy groups -OCH3 is 1. The molecule has 5 N–H and O–H groups in total. The van der Waals surface area contributed by atoms with Crippen LogP contribution >= 0.6 is 0 Å². The number of anilines is 1. The molecule has 0 aromatic heterocycles. The highest BCUT2D eigenvalue weighted by molar-refractivity contribution is 7.91. The molecule has 0 saturated heterocycles. The number of benzene rings is 1. The molecular weight excluding hydrogens is 314 g/mol. The van der Waals surface area contributed by atoms with Crippen LogP contribution in [0.2, 0.25) is 0 Å². The number of nitrogen functional groups attached to an aromatic ring is 1. The molecule has 20 heavy (non-hydrogen) atoms. The second-order valence-corrected chi connectivity index (χ2v) is 6.64. The number of rotatable bonds is 3. The van der Waals surface area contributed by atoms with E-state index in [9.17, 15) is 8.42 Å². The molecule has 11 heteroatoms. The van der Waals surface area contributed by atoms with Gasteiger partial charge in [-0.15, -0.1) is 0 Å². The van der Waals surface area contributed by atoms with Crippen LogP contribution in [0.15, 0.2) is 23.1 Å². The Morgan fingerprint density at radius 1 is 1.20 bits per heavy atom. The van der Waals surface area contributed by atoms with Crippen molar-refractivity contribution >= 4 is 25.9 Å². The number of aliphatic hydroxyl groups excluding tert-OH is 1. The van der Waals surface area contributed by atoms with Crippen molar-refractivity contribution in [3.8, 4) is 5.75 Å². The molecule has 116 valence electrons. The minimum atomic E-state index is -4.67. The van der Waals surface area contributed by atoms with Crippen LogP contribution < -0.4 is 10.5 Å². The predicted octanol–water partition coefficient (Wildman–Crippen LogP) is -0.263. The third kappa shape index (κ3) is 6.16. The number of nitrogens with two attached hydrogens (primary N) is 1. The summed E-state index contributed by atoms with van der Waals surface area (Å²) in [5, 5.41) is 9.09. The van der Waals surface area contributed by atoms with E-state index in [-0.39, 0.29) is 10.6 Å². The Kier molecular flexibility index (Phi) is 6.37. The van der Waals surface area contributed by atoms with Gasteiger partial charge in [-0.25, -0.2) is 8.42 Å². The van der Waals surface area contributed by atoms with Gasteiger partial charge in [0.2, 0.25) is 9.84 Å². The van der Waals surface area contributed by atoms with Gasteiger partial charge in [0.25, 0.3) is 0 Å². The highest BCUT2D eigenvalue weighted by Gasteiger charge is 2.21. The summed E-state index contributed by atoms with van der Waals surface area (Å²) in [6, 6.07) is 4.06. The fraction of sp³-hybridized carbons (Fsp3) is 0.333. The van der Waals surface area contributed by atoms with Crippen molar-refractivity contribution in [1.29, 1.82) is 0 Å². The van der Waals surface area contributed by atoms with Gasteiger partial charge >= 0.3 is 10.4 Å². The normalized spacial score (nSPS) is 13.1. The first-order valence-corrected chi connectivity index (χ1v) is 7.89. The molecule has 0 radical (unpaired) electrons. The van der Waals surface area contributed by atoms with Crippen LogP contribution in [0.3, 0.4) is 0 Å². The van der Waals surface area contributed by atoms with Gasteiger partial charge in [0.1, 0.15) is 5.75 Å². The number of ether oxygens (including phenoxy) is 1. The summed E-state index contributed by atoms with van der Waals surface area (Å²) < 4.78 is 59.5. The average molecular weight is 329 g/mol. The molecule has 1 aromatic rings. The summed E-state index contributed by atoms with van der Waals surface area (Å²) in [7, 11) is -6.93. The maximum absolute atomic E-state index is 11.5. The monoisotopic (exact) mass is 329 g/mol. The number of hydrogen-bond donors (Lipinski definition) is 4. The van der Waals surface area contributed by atoms with E-state index in [1.165, 1.54) is 32.2 Å². The summed E-state index contributed by atoms with van der Waals surface area (Å²) in [6.07, 6.45) is 0. The molecule has 9 nitrogen and oxygen atoms in total. The maximum Gasteiger partial charge on any atom is 0.394 e.